The highest BCUT2D eigenvalue weighted by Crippen LogP contribution is 2.15. The third-order valence-electron chi connectivity index (χ3n) is 3.48. The van der Waals surface area contributed by atoms with Crippen LogP contribution < -0.4 is 10.1 Å². The van der Waals surface area contributed by atoms with E-state index in [-0.39, 0.29) is 0 Å². The van der Waals surface area contributed by atoms with Crippen molar-refractivity contribution in [2.24, 2.45) is 0 Å². The summed E-state index contributed by atoms with van der Waals surface area (Å²) in [5.41, 5.74) is 0.499. The lowest BCUT2D eigenvalue weighted by atomic mass is 10.1. The summed E-state index contributed by atoms with van der Waals surface area (Å²) in [5.74, 6) is 0.787. The molecule has 1 aromatic carbocycles. The summed E-state index contributed by atoms with van der Waals surface area (Å²) in [4.78, 5) is 10.9. The molecule has 1 heterocycles. The topological polar surface area (TPSA) is 38.3 Å². The molecule has 2 rings (SSSR count). The molecule has 1 aliphatic heterocycles. The van der Waals surface area contributed by atoms with Gasteiger partial charge >= 0.3 is 0 Å². The van der Waals surface area contributed by atoms with Crippen molar-refractivity contribution in [2.75, 3.05) is 13.2 Å². The van der Waals surface area contributed by atoms with Crippen LogP contribution in [0.15, 0.2) is 24.3 Å². The normalized spacial score (nSPS) is 19.7. The SMILES string of the molecule is O=C(Cl)c1ccc(OCCC2CCCCCN2)cc1. The maximum absolute atomic E-state index is 10.9. The van der Waals surface area contributed by atoms with Gasteiger partial charge in [-0.05, 0) is 61.7 Å². The molecule has 4 heteroatoms. The van der Waals surface area contributed by atoms with Crippen LogP contribution in [0.2, 0.25) is 0 Å². The Hall–Kier alpha value is -1.06. The summed E-state index contributed by atoms with van der Waals surface area (Å²) in [6, 6.07) is 7.53. The lowest BCUT2D eigenvalue weighted by Crippen LogP contribution is -2.29. The molecule has 1 aromatic rings. The summed E-state index contributed by atoms with van der Waals surface area (Å²) in [7, 11) is 0. The Bertz CT molecular complexity index is 397. The second kappa shape index (κ2) is 7.51. The molecule has 0 radical (unpaired) electrons. The molecule has 1 unspecified atom stereocenters. The molecule has 1 N–H and O–H groups in total. The van der Waals surface area contributed by atoms with Gasteiger partial charge in [-0.3, -0.25) is 4.79 Å². The van der Waals surface area contributed by atoms with E-state index in [1.807, 2.05) is 0 Å². The second-order valence-electron chi connectivity index (χ2n) is 4.94. The fourth-order valence-electron chi connectivity index (χ4n) is 2.35. The molecule has 0 aromatic heterocycles. The first-order valence-corrected chi connectivity index (χ1v) is 7.29. The molecule has 3 nitrogen and oxygen atoms in total. The molecule has 0 aliphatic carbocycles. The summed E-state index contributed by atoms with van der Waals surface area (Å²) in [6.45, 7) is 1.82. The maximum Gasteiger partial charge on any atom is 0.252 e. The average Bonchev–Trinajstić information content (AvgIpc) is 2.68. The van der Waals surface area contributed by atoms with E-state index in [0.29, 0.717) is 18.2 Å². The van der Waals surface area contributed by atoms with Crippen molar-refractivity contribution in [2.45, 2.75) is 38.1 Å². The minimum Gasteiger partial charge on any atom is -0.494 e. The minimum atomic E-state index is -0.436. The van der Waals surface area contributed by atoms with Crippen LogP contribution in [0, 0.1) is 0 Å². The first kappa shape index (κ1) is 14.4. The van der Waals surface area contributed by atoms with Gasteiger partial charge in [0.2, 0.25) is 0 Å². The number of ether oxygens (including phenoxy) is 1. The predicted octanol–water partition coefficient (Wildman–Crippen LogP) is 3.37. The van der Waals surface area contributed by atoms with Gasteiger partial charge < -0.3 is 10.1 Å². The molecular formula is C15H20ClNO2. The zero-order chi connectivity index (χ0) is 13.5. The molecule has 19 heavy (non-hydrogen) atoms. The first-order chi connectivity index (χ1) is 9.25. The van der Waals surface area contributed by atoms with E-state index >= 15 is 0 Å². The molecule has 1 saturated heterocycles. The number of nitrogens with one attached hydrogen (secondary N) is 1. The van der Waals surface area contributed by atoms with Crippen molar-refractivity contribution >= 4 is 16.8 Å². The van der Waals surface area contributed by atoms with E-state index < -0.39 is 5.24 Å². The third-order valence-corrected chi connectivity index (χ3v) is 3.70. The highest BCUT2D eigenvalue weighted by molar-refractivity contribution is 6.67. The summed E-state index contributed by atoms with van der Waals surface area (Å²) in [5, 5.41) is 3.11. The molecule has 0 amide bonds. The highest BCUT2D eigenvalue weighted by Gasteiger charge is 2.11. The average molecular weight is 282 g/mol. The minimum absolute atomic E-state index is 0.436. The van der Waals surface area contributed by atoms with Gasteiger partial charge in [0, 0.05) is 11.6 Å². The zero-order valence-corrected chi connectivity index (χ0v) is 11.8. The highest BCUT2D eigenvalue weighted by atomic mass is 35.5. The predicted molar refractivity (Wildman–Crippen MR) is 77.0 cm³/mol. The van der Waals surface area contributed by atoms with Crippen LogP contribution >= 0.6 is 11.6 Å². The van der Waals surface area contributed by atoms with Crippen LogP contribution in [0.5, 0.6) is 5.75 Å². The van der Waals surface area contributed by atoms with Gasteiger partial charge in [-0.2, -0.15) is 0 Å². The standard InChI is InChI=1S/C15H20ClNO2/c16-15(18)12-5-7-14(8-6-12)19-11-9-13-4-2-1-3-10-17-13/h5-8,13,17H,1-4,9-11H2. The van der Waals surface area contributed by atoms with Gasteiger partial charge in [0.15, 0.2) is 0 Å². The summed E-state index contributed by atoms with van der Waals surface area (Å²) in [6.07, 6.45) is 6.19. The van der Waals surface area contributed by atoms with Gasteiger partial charge in [0.05, 0.1) is 6.61 Å². The van der Waals surface area contributed by atoms with Crippen molar-refractivity contribution in [1.29, 1.82) is 0 Å². The van der Waals surface area contributed by atoms with Crippen LogP contribution in [-0.4, -0.2) is 24.4 Å². The Morgan fingerprint density at radius 2 is 2.05 bits per heavy atom. The van der Waals surface area contributed by atoms with E-state index in [1.54, 1.807) is 24.3 Å². The molecule has 0 spiro atoms. The molecule has 1 aliphatic rings. The fourth-order valence-corrected chi connectivity index (χ4v) is 2.47. The monoisotopic (exact) mass is 281 g/mol. The van der Waals surface area contributed by atoms with Crippen molar-refractivity contribution in [3.8, 4) is 5.75 Å². The molecule has 1 fully saturated rings. The number of benzene rings is 1. The largest absolute Gasteiger partial charge is 0.494 e. The lowest BCUT2D eigenvalue weighted by molar-refractivity contribution is 0.108. The Morgan fingerprint density at radius 3 is 2.79 bits per heavy atom. The number of hydrogen-bond acceptors (Lipinski definition) is 3. The third kappa shape index (κ3) is 4.84. The number of hydrogen-bond donors (Lipinski definition) is 1. The number of halogens is 1. The van der Waals surface area contributed by atoms with Gasteiger partial charge in [-0.15, -0.1) is 0 Å². The quantitative estimate of drug-likeness (QED) is 0.841. The first-order valence-electron chi connectivity index (χ1n) is 6.92. The number of rotatable bonds is 5. The van der Waals surface area contributed by atoms with E-state index in [1.165, 1.54) is 25.7 Å². The van der Waals surface area contributed by atoms with Crippen LogP contribution in [-0.2, 0) is 0 Å². The van der Waals surface area contributed by atoms with Gasteiger partial charge in [-0.25, -0.2) is 0 Å². The Labute approximate surface area is 119 Å². The van der Waals surface area contributed by atoms with E-state index in [9.17, 15) is 4.79 Å². The summed E-state index contributed by atoms with van der Waals surface area (Å²) < 4.78 is 5.69. The molecule has 1 atom stereocenters. The van der Waals surface area contributed by atoms with Crippen LogP contribution in [0.25, 0.3) is 0 Å². The molecule has 0 bridgehead atoms. The fraction of sp³-hybridized carbons (Fsp3) is 0.533. The Kier molecular flexibility index (Phi) is 5.67. The van der Waals surface area contributed by atoms with Gasteiger partial charge in [0.1, 0.15) is 5.75 Å². The second-order valence-corrected chi connectivity index (χ2v) is 5.28. The maximum atomic E-state index is 10.9. The molecule has 0 saturated carbocycles. The van der Waals surface area contributed by atoms with Crippen LogP contribution in [0.3, 0.4) is 0 Å². The number of carbonyl (C=O) groups excluding carboxylic acids is 1. The van der Waals surface area contributed by atoms with E-state index in [2.05, 4.69) is 5.32 Å². The summed E-state index contributed by atoms with van der Waals surface area (Å²) >= 11 is 5.39. The Balaban J connectivity index is 1.74. The van der Waals surface area contributed by atoms with Gasteiger partial charge in [-0.1, -0.05) is 12.8 Å². The Morgan fingerprint density at radius 1 is 1.26 bits per heavy atom. The number of carbonyl (C=O) groups is 1. The van der Waals surface area contributed by atoms with Crippen LogP contribution in [0.4, 0.5) is 0 Å². The van der Waals surface area contributed by atoms with Gasteiger partial charge in [0.25, 0.3) is 5.24 Å². The van der Waals surface area contributed by atoms with Crippen molar-refractivity contribution in [3.05, 3.63) is 29.8 Å². The zero-order valence-electron chi connectivity index (χ0n) is 11.0. The smallest absolute Gasteiger partial charge is 0.252 e. The van der Waals surface area contributed by atoms with Crippen molar-refractivity contribution in [1.82, 2.24) is 5.32 Å². The molecular weight excluding hydrogens is 262 g/mol. The van der Waals surface area contributed by atoms with E-state index in [4.69, 9.17) is 16.3 Å². The van der Waals surface area contributed by atoms with Crippen molar-refractivity contribution < 1.29 is 9.53 Å². The van der Waals surface area contributed by atoms with Crippen molar-refractivity contribution in [3.63, 3.8) is 0 Å². The molecule has 104 valence electrons. The van der Waals surface area contributed by atoms with E-state index in [0.717, 1.165) is 18.7 Å². The van der Waals surface area contributed by atoms with Crippen LogP contribution in [0.1, 0.15) is 42.5 Å². The lowest BCUT2D eigenvalue weighted by Gasteiger charge is -2.16.